The van der Waals surface area contributed by atoms with E-state index in [2.05, 4.69) is 10.6 Å². The molecule has 3 amide bonds. The molecule has 0 unspecified atom stereocenters. The highest BCUT2D eigenvalue weighted by Crippen LogP contribution is 2.20. The molecule has 0 heterocycles. The fraction of sp³-hybridized carbons (Fsp3) is 0.0870. The number of hydrogen-bond acceptors (Lipinski definition) is 3. The smallest absolute Gasteiger partial charge is 0.316 e. The molecule has 0 spiro atoms. The third-order valence-corrected chi connectivity index (χ3v) is 4.46. The largest absolute Gasteiger partial charge is 0.351 e. The van der Waals surface area contributed by atoms with Gasteiger partial charge in [0.1, 0.15) is 0 Å². The standard InChI is InChI=1S/C23H21N3O3/c1-14-7-8-15(2)20(13-14)21(27)18-5-3-4-6-19(18)22(28)25-16-9-11-17(12-10-16)26-23(24)29/h3-13H,1-2H3,(H,25,28)(H3,24,26,29). The molecule has 0 bridgehead atoms. The van der Waals surface area contributed by atoms with Crippen LogP contribution in [0, 0.1) is 13.8 Å². The molecule has 0 fully saturated rings. The maximum absolute atomic E-state index is 13.1. The van der Waals surface area contributed by atoms with Crippen LogP contribution in [-0.2, 0) is 0 Å². The Bertz CT molecular complexity index is 1090. The average molecular weight is 387 g/mol. The zero-order valence-corrected chi connectivity index (χ0v) is 16.2. The normalized spacial score (nSPS) is 10.3. The van der Waals surface area contributed by atoms with Gasteiger partial charge in [0.05, 0.1) is 5.56 Å². The number of urea groups is 1. The van der Waals surface area contributed by atoms with Crippen LogP contribution in [0.25, 0.3) is 0 Å². The Morgan fingerprint density at radius 2 is 1.31 bits per heavy atom. The molecule has 0 aliphatic rings. The number of primary amides is 1. The van der Waals surface area contributed by atoms with E-state index in [9.17, 15) is 14.4 Å². The summed E-state index contributed by atoms with van der Waals surface area (Å²) in [5, 5.41) is 5.23. The molecular weight excluding hydrogens is 366 g/mol. The van der Waals surface area contributed by atoms with E-state index in [4.69, 9.17) is 5.73 Å². The number of aryl methyl sites for hydroxylation is 2. The first-order chi connectivity index (χ1) is 13.8. The third-order valence-electron chi connectivity index (χ3n) is 4.46. The molecule has 0 saturated heterocycles. The number of benzene rings is 3. The minimum absolute atomic E-state index is 0.196. The molecule has 0 atom stereocenters. The summed E-state index contributed by atoms with van der Waals surface area (Å²) >= 11 is 0. The molecule has 29 heavy (non-hydrogen) atoms. The molecule has 146 valence electrons. The first-order valence-electron chi connectivity index (χ1n) is 9.04. The number of amides is 3. The molecule has 6 nitrogen and oxygen atoms in total. The van der Waals surface area contributed by atoms with Gasteiger partial charge < -0.3 is 16.4 Å². The van der Waals surface area contributed by atoms with Crippen LogP contribution < -0.4 is 16.4 Å². The predicted molar refractivity (Wildman–Crippen MR) is 113 cm³/mol. The summed E-state index contributed by atoms with van der Waals surface area (Å²) in [6.45, 7) is 3.79. The molecule has 3 rings (SSSR count). The van der Waals surface area contributed by atoms with Gasteiger partial charge in [-0.3, -0.25) is 9.59 Å². The Morgan fingerprint density at radius 3 is 1.93 bits per heavy atom. The van der Waals surface area contributed by atoms with Crippen molar-refractivity contribution >= 4 is 29.1 Å². The maximum Gasteiger partial charge on any atom is 0.316 e. The molecule has 0 saturated carbocycles. The van der Waals surface area contributed by atoms with Crippen molar-refractivity contribution in [2.24, 2.45) is 5.73 Å². The van der Waals surface area contributed by atoms with Crippen molar-refractivity contribution in [3.63, 3.8) is 0 Å². The minimum Gasteiger partial charge on any atom is -0.351 e. The Hall–Kier alpha value is -3.93. The second-order valence-corrected chi connectivity index (χ2v) is 6.71. The van der Waals surface area contributed by atoms with E-state index in [0.29, 0.717) is 22.5 Å². The Labute approximate surface area is 168 Å². The van der Waals surface area contributed by atoms with Crippen LogP contribution in [-0.4, -0.2) is 17.7 Å². The summed E-state index contributed by atoms with van der Waals surface area (Å²) in [4.78, 5) is 36.8. The number of ketones is 1. The van der Waals surface area contributed by atoms with Crippen molar-refractivity contribution in [1.29, 1.82) is 0 Å². The summed E-state index contributed by atoms with van der Waals surface area (Å²) in [7, 11) is 0. The van der Waals surface area contributed by atoms with Gasteiger partial charge in [0.25, 0.3) is 5.91 Å². The minimum atomic E-state index is -0.666. The van der Waals surface area contributed by atoms with E-state index in [1.807, 2.05) is 32.0 Å². The van der Waals surface area contributed by atoms with E-state index < -0.39 is 11.9 Å². The van der Waals surface area contributed by atoms with Gasteiger partial charge in [-0.15, -0.1) is 0 Å². The van der Waals surface area contributed by atoms with Gasteiger partial charge in [-0.05, 0) is 55.8 Å². The van der Waals surface area contributed by atoms with Gasteiger partial charge in [-0.25, -0.2) is 4.79 Å². The van der Waals surface area contributed by atoms with Crippen molar-refractivity contribution in [3.05, 3.63) is 94.5 Å². The predicted octanol–water partition coefficient (Wildman–Crippen LogP) is 4.28. The van der Waals surface area contributed by atoms with Crippen LogP contribution in [0.2, 0.25) is 0 Å². The summed E-state index contributed by atoms with van der Waals surface area (Å²) in [6, 6.07) is 18.2. The highest BCUT2D eigenvalue weighted by molar-refractivity contribution is 6.18. The van der Waals surface area contributed by atoms with Crippen molar-refractivity contribution < 1.29 is 14.4 Å². The number of carbonyl (C=O) groups is 3. The Kier molecular flexibility index (Phi) is 5.74. The van der Waals surface area contributed by atoms with Gasteiger partial charge in [-0.1, -0.05) is 35.9 Å². The number of hydrogen-bond donors (Lipinski definition) is 3. The number of nitrogens with two attached hydrogens (primary N) is 1. The van der Waals surface area contributed by atoms with E-state index in [1.54, 1.807) is 48.5 Å². The van der Waals surface area contributed by atoms with Crippen LogP contribution in [0.15, 0.2) is 66.7 Å². The van der Waals surface area contributed by atoms with Crippen molar-refractivity contribution in [2.45, 2.75) is 13.8 Å². The first kappa shape index (κ1) is 19.8. The Morgan fingerprint density at radius 1 is 0.724 bits per heavy atom. The number of anilines is 2. The quantitative estimate of drug-likeness (QED) is 0.570. The van der Waals surface area contributed by atoms with Crippen LogP contribution in [0.1, 0.15) is 37.4 Å². The van der Waals surface area contributed by atoms with Crippen LogP contribution >= 0.6 is 0 Å². The molecule has 3 aromatic carbocycles. The zero-order valence-electron chi connectivity index (χ0n) is 16.2. The molecule has 0 aliphatic heterocycles. The maximum atomic E-state index is 13.1. The monoisotopic (exact) mass is 387 g/mol. The van der Waals surface area contributed by atoms with Crippen molar-refractivity contribution in [3.8, 4) is 0 Å². The number of carbonyl (C=O) groups excluding carboxylic acids is 3. The fourth-order valence-corrected chi connectivity index (χ4v) is 2.98. The topological polar surface area (TPSA) is 101 Å². The summed E-state index contributed by atoms with van der Waals surface area (Å²) in [5.41, 5.74) is 9.16. The second kappa shape index (κ2) is 8.39. The molecule has 6 heteroatoms. The molecule has 3 aromatic rings. The second-order valence-electron chi connectivity index (χ2n) is 6.71. The molecular formula is C23H21N3O3. The SMILES string of the molecule is Cc1ccc(C)c(C(=O)c2ccccc2C(=O)Nc2ccc(NC(N)=O)cc2)c1. The average Bonchev–Trinajstić information content (AvgIpc) is 2.70. The van der Waals surface area contributed by atoms with Gasteiger partial charge >= 0.3 is 6.03 Å². The lowest BCUT2D eigenvalue weighted by Gasteiger charge is -2.12. The van der Waals surface area contributed by atoms with E-state index in [1.165, 1.54) is 0 Å². The number of nitrogens with one attached hydrogen (secondary N) is 2. The molecule has 0 aliphatic carbocycles. The third kappa shape index (κ3) is 4.68. The molecule has 4 N–H and O–H groups in total. The summed E-state index contributed by atoms with van der Waals surface area (Å²) in [5.74, 6) is -0.590. The summed E-state index contributed by atoms with van der Waals surface area (Å²) < 4.78 is 0. The fourth-order valence-electron chi connectivity index (χ4n) is 2.98. The highest BCUT2D eigenvalue weighted by Gasteiger charge is 2.19. The van der Waals surface area contributed by atoms with Gasteiger partial charge in [0.2, 0.25) is 0 Å². The van der Waals surface area contributed by atoms with Crippen LogP contribution in [0.5, 0.6) is 0 Å². The first-order valence-corrected chi connectivity index (χ1v) is 9.04. The lowest BCUT2D eigenvalue weighted by molar-refractivity contribution is 0.0996. The van der Waals surface area contributed by atoms with Crippen molar-refractivity contribution in [2.75, 3.05) is 10.6 Å². The van der Waals surface area contributed by atoms with Gasteiger partial charge in [0.15, 0.2) is 5.78 Å². The van der Waals surface area contributed by atoms with Gasteiger partial charge in [-0.2, -0.15) is 0 Å². The lowest BCUT2D eigenvalue weighted by atomic mass is 9.94. The van der Waals surface area contributed by atoms with E-state index in [0.717, 1.165) is 11.1 Å². The zero-order chi connectivity index (χ0) is 21.0. The van der Waals surface area contributed by atoms with E-state index >= 15 is 0 Å². The summed E-state index contributed by atoms with van der Waals surface area (Å²) in [6.07, 6.45) is 0. The molecule has 0 aromatic heterocycles. The van der Waals surface area contributed by atoms with E-state index in [-0.39, 0.29) is 11.3 Å². The van der Waals surface area contributed by atoms with Crippen LogP contribution in [0.4, 0.5) is 16.2 Å². The number of rotatable bonds is 5. The molecule has 0 radical (unpaired) electrons. The van der Waals surface area contributed by atoms with Gasteiger partial charge in [0, 0.05) is 22.5 Å². The highest BCUT2D eigenvalue weighted by atomic mass is 16.2. The lowest BCUT2D eigenvalue weighted by Crippen LogP contribution is -2.19. The van der Waals surface area contributed by atoms with Crippen LogP contribution in [0.3, 0.4) is 0 Å². The Balaban J connectivity index is 1.86. The van der Waals surface area contributed by atoms with Crippen molar-refractivity contribution in [1.82, 2.24) is 0 Å².